The van der Waals surface area contributed by atoms with Crippen LogP contribution in [-0.2, 0) is 4.79 Å². The maximum atomic E-state index is 11.4. The Morgan fingerprint density at radius 2 is 1.75 bits per heavy atom. The molecule has 4 nitrogen and oxygen atoms in total. The highest BCUT2D eigenvalue weighted by molar-refractivity contribution is 6.00. The number of fused-ring (bicyclic) bond motifs is 3. The molecule has 0 aromatic heterocycles. The molecule has 3 rings (SSSR count). The molecule has 1 amide bonds. The third-order valence-corrected chi connectivity index (χ3v) is 3.57. The number of anilines is 3. The molecule has 0 aliphatic carbocycles. The van der Waals surface area contributed by atoms with E-state index in [9.17, 15) is 4.79 Å². The summed E-state index contributed by atoms with van der Waals surface area (Å²) < 4.78 is 0. The van der Waals surface area contributed by atoms with E-state index < -0.39 is 0 Å². The lowest BCUT2D eigenvalue weighted by atomic mass is 9.96. The van der Waals surface area contributed by atoms with Crippen LogP contribution in [0.1, 0.15) is 31.9 Å². The number of hydrogen-bond acceptors (Lipinski definition) is 3. The fraction of sp³-hybridized carbons (Fsp3) is 0.312. The standard InChI is InChI=1S/C16H19N3O/c1-9-4-6-12-8-14(19-11(3)20)13-7-5-10(2)18-16(13)15(12)17-9/h4-10,17-18H,1-3H3,(H,19,20). The Labute approximate surface area is 119 Å². The minimum absolute atomic E-state index is 0.0553. The van der Waals surface area contributed by atoms with Gasteiger partial charge in [-0.15, -0.1) is 0 Å². The molecule has 0 saturated heterocycles. The van der Waals surface area contributed by atoms with Crippen LogP contribution < -0.4 is 16.0 Å². The van der Waals surface area contributed by atoms with Crippen molar-refractivity contribution in [2.45, 2.75) is 32.9 Å². The first-order chi connectivity index (χ1) is 9.54. The number of rotatable bonds is 1. The summed E-state index contributed by atoms with van der Waals surface area (Å²) in [4.78, 5) is 11.4. The first-order valence-electron chi connectivity index (χ1n) is 6.92. The Bertz CT molecular complexity index is 631. The molecule has 20 heavy (non-hydrogen) atoms. The van der Waals surface area contributed by atoms with Gasteiger partial charge in [0.1, 0.15) is 0 Å². The molecule has 0 radical (unpaired) electrons. The van der Waals surface area contributed by atoms with Crippen LogP contribution in [0.2, 0.25) is 0 Å². The Balaban J connectivity index is 2.18. The highest BCUT2D eigenvalue weighted by Crippen LogP contribution is 2.41. The van der Waals surface area contributed by atoms with Gasteiger partial charge in [0.2, 0.25) is 5.91 Å². The zero-order chi connectivity index (χ0) is 14.3. The van der Waals surface area contributed by atoms with Crippen molar-refractivity contribution in [2.24, 2.45) is 0 Å². The second kappa shape index (κ2) is 4.71. The summed E-state index contributed by atoms with van der Waals surface area (Å²) >= 11 is 0. The van der Waals surface area contributed by atoms with Crippen LogP contribution in [0.25, 0.3) is 12.2 Å². The predicted molar refractivity (Wildman–Crippen MR) is 85.0 cm³/mol. The molecule has 104 valence electrons. The third kappa shape index (κ3) is 2.18. The van der Waals surface area contributed by atoms with Gasteiger partial charge in [0, 0.05) is 30.1 Å². The van der Waals surface area contributed by atoms with Gasteiger partial charge in [-0.2, -0.15) is 0 Å². The molecule has 0 bridgehead atoms. The van der Waals surface area contributed by atoms with Gasteiger partial charge in [-0.3, -0.25) is 4.79 Å². The van der Waals surface area contributed by atoms with Gasteiger partial charge in [-0.05, 0) is 19.9 Å². The number of nitrogens with one attached hydrogen (secondary N) is 3. The number of hydrogen-bond donors (Lipinski definition) is 3. The molecular formula is C16H19N3O. The van der Waals surface area contributed by atoms with Crippen molar-refractivity contribution < 1.29 is 4.79 Å². The van der Waals surface area contributed by atoms with Crippen LogP contribution in [-0.4, -0.2) is 18.0 Å². The van der Waals surface area contributed by atoms with Crippen molar-refractivity contribution in [2.75, 3.05) is 16.0 Å². The SMILES string of the molecule is CC(=O)Nc1cc2c(c3c1C=CC(C)N3)NC(C)C=C2. The van der Waals surface area contributed by atoms with Crippen LogP contribution in [0.15, 0.2) is 18.2 Å². The van der Waals surface area contributed by atoms with Crippen molar-refractivity contribution in [3.8, 4) is 0 Å². The van der Waals surface area contributed by atoms with Gasteiger partial charge in [0.05, 0.1) is 17.1 Å². The van der Waals surface area contributed by atoms with E-state index >= 15 is 0 Å². The van der Waals surface area contributed by atoms with Crippen molar-refractivity contribution in [3.63, 3.8) is 0 Å². The fourth-order valence-electron chi connectivity index (χ4n) is 2.66. The molecule has 1 aromatic carbocycles. The van der Waals surface area contributed by atoms with Crippen molar-refractivity contribution in [3.05, 3.63) is 29.3 Å². The minimum Gasteiger partial charge on any atom is -0.377 e. The molecule has 3 N–H and O–H groups in total. The molecule has 4 heteroatoms. The number of carbonyl (C=O) groups excluding carboxylic acids is 1. The molecule has 0 spiro atoms. The summed E-state index contributed by atoms with van der Waals surface area (Å²) in [6.07, 6.45) is 8.40. The first-order valence-corrected chi connectivity index (χ1v) is 6.92. The van der Waals surface area contributed by atoms with Crippen molar-refractivity contribution in [1.29, 1.82) is 0 Å². The Kier molecular flexibility index (Phi) is 3.01. The van der Waals surface area contributed by atoms with Gasteiger partial charge in [0.25, 0.3) is 0 Å². The van der Waals surface area contributed by atoms with E-state index in [2.05, 4.69) is 54.1 Å². The van der Waals surface area contributed by atoms with Crippen LogP contribution in [0.5, 0.6) is 0 Å². The minimum atomic E-state index is -0.0553. The van der Waals surface area contributed by atoms with Gasteiger partial charge < -0.3 is 16.0 Å². The molecular weight excluding hydrogens is 250 g/mol. The van der Waals surface area contributed by atoms with E-state index in [4.69, 9.17) is 0 Å². The van der Waals surface area contributed by atoms with E-state index in [1.165, 1.54) is 6.92 Å². The smallest absolute Gasteiger partial charge is 0.221 e. The fourth-order valence-corrected chi connectivity index (χ4v) is 2.66. The van der Waals surface area contributed by atoms with Gasteiger partial charge in [-0.1, -0.05) is 24.3 Å². The van der Waals surface area contributed by atoms with Crippen LogP contribution in [0, 0.1) is 0 Å². The quantitative estimate of drug-likeness (QED) is 0.733. The maximum absolute atomic E-state index is 11.4. The summed E-state index contributed by atoms with van der Waals surface area (Å²) in [6, 6.07) is 2.61. The van der Waals surface area contributed by atoms with Gasteiger partial charge in [-0.25, -0.2) is 0 Å². The van der Waals surface area contributed by atoms with Crippen LogP contribution in [0.4, 0.5) is 17.1 Å². The second-order valence-electron chi connectivity index (χ2n) is 5.44. The Morgan fingerprint density at radius 3 is 2.45 bits per heavy atom. The average molecular weight is 269 g/mol. The summed E-state index contributed by atoms with van der Waals surface area (Å²) in [5, 5.41) is 9.90. The number of carbonyl (C=O) groups is 1. The average Bonchev–Trinajstić information content (AvgIpc) is 2.39. The monoisotopic (exact) mass is 269 g/mol. The normalized spacial score (nSPS) is 22.4. The number of benzene rings is 1. The molecule has 1 aromatic rings. The highest BCUT2D eigenvalue weighted by Gasteiger charge is 2.22. The lowest BCUT2D eigenvalue weighted by Crippen LogP contribution is -2.23. The topological polar surface area (TPSA) is 53.2 Å². The highest BCUT2D eigenvalue weighted by atomic mass is 16.1. The summed E-state index contributed by atoms with van der Waals surface area (Å²) in [5.41, 5.74) is 5.16. The van der Waals surface area contributed by atoms with Gasteiger partial charge in [0.15, 0.2) is 0 Å². The van der Waals surface area contributed by atoms with Crippen LogP contribution >= 0.6 is 0 Å². The molecule has 2 heterocycles. The lowest BCUT2D eigenvalue weighted by molar-refractivity contribution is -0.114. The molecule has 0 saturated carbocycles. The van der Waals surface area contributed by atoms with Crippen LogP contribution in [0.3, 0.4) is 0 Å². The summed E-state index contributed by atoms with van der Waals surface area (Å²) in [5.74, 6) is -0.0553. The summed E-state index contributed by atoms with van der Waals surface area (Å²) in [7, 11) is 0. The molecule has 2 aliphatic heterocycles. The zero-order valence-electron chi connectivity index (χ0n) is 11.9. The van der Waals surface area contributed by atoms with E-state index in [1.807, 2.05) is 6.07 Å². The van der Waals surface area contributed by atoms with E-state index in [-0.39, 0.29) is 11.9 Å². The summed E-state index contributed by atoms with van der Waals surface area (Å²) in [6.45, 7) is 5.76. The second-order valence-corrected chi connectivity index (χ2v) is 5.44. The molecule has 2 unspecified atom stereocenters. The van der Waals surface area contributed by atoms with E-state index in [1.54, 1.807) is 0 Å². The zero-order valence-corrected chi connectivity index (χ0v) is 11.9. The Morgan fingerprint density at radius 1 is 1.10 bits per heavy atom. The number of amides is 1. The lowest BCUT2D eigenvalue weighted by Gasteiger charge is -2.29. The van der Waals surface area contributed by atoms with Crippen molar-refractivity contribution in [1.82, 2.24) is 0 Å². The maximum Gasteiger partial charge on any atom is 0.221 e. The van der Waals surface area contributed by atoms with E-state index in [0.29, 0.717) is 6.04 Å². The predicted octanol–water partition coefficient (Wildman–Crippen LogP) is 3.30. The van der Waals surface area contributed by atoms with E-state index in [0.717, 1.165) is 28.2 Å². The Hall–Kier alpha value is -2.23. The third-order valence-electron chi connectivity index (χ3n) is 3.57. The van der Waals surface area contributed by atoms with Crippen molar-refractivity contribution >= 4 is 35.1 Å². The first kappa shape index (κ1) is 12.8. The molecule has 2 atom stereocenters. The largest absolute Gasteiger partial charge is 0.377 e. The molecule has 2 aliphatic rings. The molecule has 0 fully saturated rings. The van der Waals surface area contributed by atoms with Gasteiger partial charge >= 0.3 is 0 Å².